The summed E-state index contributed by atoms with van der Waals surface area (Å²) in [6, 6.07) is 12.2. The van der Waals surface area contributed by atoms with Gasteiger partial charge in [-0.25, -0.2) is 4.98 Å². The van der Waals surface area contributed by atoms with Gasteiger partial charge in [-0.3, -0.25) is 4.79 Å². The number of benzene rings is 2. The van der Waals surface area contributed by atoms with Crippen molar-refractivity contribution < 1.29 is 19.1 Å². The van der Waals surface area contributed by atoms with E-state index in [-0.39, 0.29) is 5.56 Å². The molecule has 1 unspecified atom stereocenters. The van der Waals surface area contributed by atoms with Crippen molar-refractivity contribution in [2.45, 2.75) is 38.3 Å². The molecule has 2 heterocycles. The third-order valence-corrected chi connectivity index (χ3v) is 6.16. The standard InChI is InChI=1S/C24H29N3O4/c1-29-17-10-8-16(9-11-17)20-7-5-4-6-12-27(20)15-23-25-19-14-22(31-3)21(30-2)13-18(19)24(28)26-23/h8-11,13-14,20H,4-7,12,15H2,1-3H3,(H,25,26,28)/p+1/t20-/m1/s1. The van der Waals surface area contributed by atoms with Gasteiger partial charge in [0.2, 0.25) is 0 Å². The van der Waals surface area contributed by atoms with E-state index in [1.165, 1.54) is 29.7 Å². The Morgan fingerprint density at radius 2 is 1.74 bits per heavy atom. The van der Waals surface area contributed by atoms with Crippen molar-refractivity contribution >= 4 is 10.9 Å². The van der Waals surface area contributed by atoms with Crippen LogP contribution in [0.5, 0.6) is 17.2 Å². The molecule has 0 aliphatic carbocycles. The van der Waals surface area contributed by atoms with Gasteiger partial charge in [-0.1, -0.05) is 0 Å². The van der Waals surface area contributed by atoms with Crippen molar-refractivity contribution in [3.8, 4) is 17.2 Å². The lowest BCUT2D eigenvalue weighted by molar-refractivity contribution is -0.945. The molecule has 0 spiro atoms. The van der Waals surface area contributed by atoms with Crippen molar-refractivity contribution in [1.29, 1.82) is 0 Å². The minimum absolute atomic E-state index is 0.156. The number of hydrogen-bond acceptors (Lipinski definition) is 5. The summed E-state index contributed by atoms with van der Waals surface area (Å²) in [5.41, 5.74) is 1.76. The lowest BCUT2D eigenvalue weighted by Gasteiger charge is -2.27. The molecule has 0 amide bonds. The summed E-state index contributed by atoms with van der Waals surface area (Å²) in [5, 5.41) is 0.499. The molecule has 3 aromatic rings. The third-order valence-electron chi connectivity index (χ3n) is 6.16. The summed E-state index contributed by atoms with van der Waals surface area (Å²) in [4.78, 5) is 22.0. The number of quaternary nitrogens is 1. The lowest BCUT2D eigenvalue weighted by atomic mass is 10.0. The number of nitrogens with zero attached hydrogens (tertiary/aromatic N) is 1. The monoisotopic (exact) mass is 424 g/mol. The summed E-state index contributed by atoms with van der Waals surface area (Å²) in [6.45, 7) is 1.71. The van der Waals surface area contributed by atoms with Crippen LogP contribution in [0.1, 0.15) is 43.1 Å². The van der Waals surface area contributed by atoms with Crippen molar-refractivity contribution in [2.75, 3.05) is 27.9 Å². The van der Waals surface area contributed by atoms with Crippen LogP contribution in [0.25, 0.3) is 10.9 Å². The maximum absolute atomic E-state index is 12.8. The zero-order chi connectivity index (χ0) is 21.8. The van der Waals surface area contributed by atoms with Gasteiger partial charge < -0.3 is 24.1 Å². The highest BCUT2D eigenvalue weighted by Gasteiger charge is 2.27. The topological polar surface area (TPSA) is 77.9 Å². The third kappa shape index (κ3) is 4.51. The van der Waals surface area contributed by atoms with Gasteiger partial charge in [0.25, 0.3) is 5.56 Å². The maximum atomic E-state index is 12.8. The maximum Gasteiger partial charge on any atom is 0.259 e. The van der Waals surface area contributed by atoms with E-state index >= 15 is 0 Å². The molecule has 0 saturated carbocycles. The first kappa shape index (κ1) is 21.2. The molecule has 0 radical (unpaired) electrons. The van der Waals surface area contributed by atoms with E-state index in [1.807, 2.05) is 12.1 Å². The van der Waals surface area contributed by atoms with Crippen LogP contribution >= 0.6 is 0 Å². The Labute approximate surface area is 182 Å². The second kappa shape index (κ2) is 9.39. The minimum atomic E-state index is -0.156. The van der Waals surface area contributed by atoms with Gasteiger partial charge in [0.15, 0.2) is 17.3 Å². The van der Waals surface area contributed by atoms with Gasteiger partial charge in [0, 0.05) is 18.1 Å². The molecule has 0 bridgehead atoms. The molecule has 1 aliphatic heterocycles. The van der Waals surface area contributed by atoms with Crippen molar-refractivity contribution in [3.63, 3.8) is 0 Å². The van der Waals surface area contributed by atoms with Crippen molar-refractivity contribution in [1.82, 2.24) is 9.97 Å². The highest BCUT2D eigenvalue weighted by molar-refractivity contribution is 5.81. The minimum Gasteiger partial charge on any atom is -0.497 e. The fourth-order valence-corrected chi connectivity index (χ4v) is 4.52. The van der Waals surface area contributed by atoms with E-state index in [0.29, 0.717) is 40.8 Å². The summed E-state index contributed by atoms with van der Waals surface area (Å²) >= 11 is 0. The molecule has 31 heavy (non-hydrogen) atoms. The quantitative estimate of drug-likeness (QED) is 0.636. The van der Waals surface area contributed by atoms with Crippen LogP contribution < -0.4 is 24.7 Å². The Bertz CT molecular complexity index is 1090. The average Bonchev–Trinajstić information content (AvgIpc) is 3.03. The van der Waals surface area contributed by atoms with Crippen LogP contribution in [-0.2, 0) is 6.54 Å². The Balaban J connectivity index is 1.66. The molecule has 1 saturated heterocycles. The summed E-state index contributed by atoms with van der Waals surface area (Å²) in [7, 11) is 4.82. The number of H-pyrrole nitrogens is 1. The van der Waals surface area contributed by atoms with Crippen LogP contribution in [0, 0.1) is 0 Å². The first-order chi connectivity index (χ1) is 15.1. The van der Waals surface area contributed by atoms with Gasteiger partial charge >= 0.3 is 0 Å². The predicted molar refractivity (Wildman–Crippen MR) is 119 cm³/mol. The normalized spacial score (nSPS) is 19.1. The second-order valence-electron chi connectivity index (χ2n) is 8.00. The van der Waals surface area contributed by atoms with E-state index in [0.717, 1.165) is 18.7 Å². The van der Waals surface area contributed by atoms with Gasteiger partial charge in [-0.2, -0.15) is 0 Å². The highest BCUT2D eigenvalue weighted by atomic mass is 16.5. The first-order valence-corrected chi connectivity index (χ1v) is 10.8. The van der Waals surface area contributed by atoms with E-state index in [1.54, 1.807) is 33.5 Å². The molecule has 2 aromatic carbocycles. The molecule has 2 N–H and O–H groups in total. The zero-order valence-corrected chi connectivity index (χ0v) is 18.4. The largest absolute Gasteiger partial charge is 0.497 e. The van der Waals surface area contributed by atoms with E-state index in [4.69, 9.17) is 19.2 Å². The smallest absolute Gasteiger partial charge is 0.259 e. The van der Waals surface area contributed by atoms with Crippen LogP contribution in [0.2, 0.25) is 0 Å². The number of fused-ring (bicyclic) bond motifs is 1. The van der Waals surface area contributed by atoms with Gasteiger partial charge in [-0.15, -0.1) is 0 Å². The number of aromatic nitrogens is 2. The molecule has 1 aliphatic rings. The summed E-state index contributed by atoms with van der Waals surface area (Å²) in [6.07, 6.45) is 4.73. The van der Waals surface area contributed by atoms with Crippen molar-refractivity contribution in [2.24, 2.45) is 0 Å². The van der Waals surface area contributed by atoms with Crippen LogP contribution in [0.4, 0.5) is 0 Å². The Kier molecular flexibility index (Phi) is 6.42. The Morgan fingerprint density at radius 1 is 1.00 bits per heavy atom. The predicted octanol–water partition coefficient (Wildman–Crippen LogP) is 2.65. The number of likely N-dealkylation sites (tertiary alicyclic amines) is 1. The molecule has 1 aromatic heterocycles. The molecule has 2 atom stereocenters. The first-order valence-electron chi connectivity index (χ1n) is 10.8. The van der Waals surface area contributed by atoms with Crippen LogP contribution in [0.3, 0.4) is 0 Å². The molecular formula is C24H30N3O4+. The summed E-state index contributed by atoms with van der Waals surface area (Å²) < 4.78 is 16.0. The fraction of sp³-hybridized carbons (Fsp3) is 0.417. The van der Waals surface area contributed by atoms with Crippen molar-refractivity contribution in [3.05, 3.63) is 58.1 Å². The second-order valence-corrected chi connectivity index (χ2v) is 8.00. The van der Waals surface area contributed by atoms with Gasteiger partial charge in [0.05, 0.1) is 38.8 Å². The Hall–Kier alpha value is -3.06. The molecule has 7 heteroatoms. The highest BCUT2D eigenvalue weighted by Crippen LogP contribution is 2.30. The van der Waals surface area contributed by atoms with E-state index in [2.05, 4.69) is 17.1 Å². The van der Waals surface area contributed by atoms with Gasteiger partial charge in [-0.05, 0) is 49.6 Å². The lowest BCUT2D eigenvalue weighted by Crippen LogP contribution is -3.10. The average molecular weight is 425 g/mol. The fourth-order valence-electron chi connectivity index (χ4n) is 4.52. The molecule has 4 rings (SSSR count). The summed E-state index contributed by atoms with van der Waals surface area (Å²) in [5.74, 6) is 2.65. The molecule has 1 fully saturated rings. The SMILES string of the molecule is COc1ccc([C@H]2CCCCC[NH+]2Cc2nc3cc(OC)c(OC)cc3c(=O)[nH]2)cc1. The van der Waals surface area contributed by atoms with E-state index in [9.17, 15) is 4.79 Å². The van der Waals surface area contributed by atoms with E-state index < -0.39 is 0 Å². The number of aromatic amines is 1. The van der Waals surface area contributed by atoms with Crippen LogP contribution in [-0.4, -0.2) is 37.8 Å². The zero-order valence-electron chi connectivity index (χ0n) is 18.4. The Morgan fingerprint density at radius 3 is 2.45 bits per heavy atom. The number of hydrogen-bond donors (Lipinski definition) is 2. The number of rotatable bonds is 6. The molecular weight excluding hydrogens is 394 g/mol. The number of ether oxygens (including phenoxy) is 3. The molecule has 7 nitrogen and oxygen atoms in total. The number of nitrogens with one attached hydrogen (secondary N) is 2. The van der Waals surface area contributed by atoms with Crippen LogP contribution in [0.15, 0.2) is 41.2 Å². The van der Waals surface area contributed by atoms with Gasteiger partial charge in [0.1, 0.15) is 18.3 Å². The number of methoxy groups -OCH3 is 3. The molecule has 164 valence electrons.